The average molecular weight is 305 g/mol. The summed E-state index contributed by atoms with van der Waals surface area (Å²) in [6.07, 6.45) is 3.76. The van der Waals surface area contributed by atoms with Gasteiger partial charge in [0.05, 0.1) is 5.75 Å². The first-order valence-electron chi connectivity index (χ1n) is 7.73. The van der Waals surface area contributed by atoms with Gasteiger partial charge in [-0.15, -0.1) is 0 Å². The summed E-state index contributed by atoms with van der Waals surface area (Å²) in [7, 11) is -0.992. The van der Waals surface area contributed by atoms with Crippen LogP contribution in [0.2, 0.25) is 0 Å². The molecule has 0 aliphatic carbocycles. The summed E-state index contributed by atoms with van der Waals surface area (Å²) >= 11 is 0. The molecule has 0 amide bonds. The van der Waals surface area contributed by atoms with Crippen LogP contribution in [-0.2, 0) is 10.0 Å². The summed E-state index contributed by atoms with van der Waals surface area (Å²) in [5.74, 6) is 0.244. The van der Waals surface area contributed by atoms with Crippen molar-refractivity contribution in [3.05, 3.63) is 0 Å². The summed E-state index contributed by atoms with van der Waals surface area (Å²) in [6.45, 7) is 8.78. The van der Waals surface area contributed by atoms with Gasteiger partial charge >= 0.3 is 0 Å². The molecule has 0 saturated carbocycles. The second kappa shape index (κ2) is 8.32. The first-order chi connectivity index (χ1) is 9.37. The highest BCUT2D eigenvalue weighted by Gasteiger charge is 2.29. The SMILES string of the molecule is CCNCCCCS(=O)(=O)NCC1(C)CCN(C)CC1. The van der Waals surface area contributed by atoms with Crippen LogP contribution in [0.3, 0.4) is 0 Å². The smallest absolute Gasteiger partial charge is 0.211 e. The molecule has 1 rings (SSSR count). The van der Waals surface area contributed by atoms with Gasteiger partial charge in [0.25, 0.3) is 0 Å². The molecule has 5 nitrogen and oxygen atoms in total. The van der Waals surface area contributed by atoms with Crippen molar-refractivity contribution in [2.75, 3.05) is 45.5 Å². The summed E-state index contributed by atoms with van der Waals surface area (Å²) in [4.78, 5) is 2.30. The normalized spacial score (nSPS) is 20.1. The average Bonchev–Trinajstić information content (AvgIpc) is 2.40. The van der Waals surface area contributed by atoms with Crippen molar-refractivity contribution in [1.29, 1.82) is 0 Å². The molecule has 1 aliphatic heterocycles. The summed E-state index contributed by atoms with van der Waals surface area (Å²) in [6, 6.07) is 0. The highest BCUT2D eigenvalue weighted by atomic mass is 32.2. The van der Waals surface area contributed by atoms with Gasteiger partial charge in [0, 0.05) is 6.54 Å². The number of hydrogen-bond donors (Lipinski definition) is 2. The fraction of sp³-hybridized carbons (Fsp3) is 1.00. The van der Waals surface area contributed by atoms with Crippen LogP contribution in [0.1, 0.15) is 39.5 Å². The minimum Gasteiger partial charge on any atom is -0.317 e. The Balaban J connectivity index is 2.25. The summed E-state index contributed by atoms with van der Waals surface area (Å²) < 4.78 is 26.7. The number of unbranched alkanes of at least 4 members (excludes halogenated alkanes) is 1. The molecule has 1 aliphatic rings. The zero-order valence-electron chi connectivity index (χ0n) is 13.2. The first kappa shape index (κ1) is 17.9. The molecule has 20 heavy (non-hydrogen) atoms. The van der Waals surface area contributed by atoms with Gasteiger partial charge in [0.15, 0.2) is 0 Å². The molecule has 0 aromatic carbocycles. The topological polar surface area (TPSA) is 61.4 Å². The number of piperidine rings is 1. The number of hydrogen-bond acceptors (Lipinski definition) is 4. The van der Waals surface area contributed by atoms with Gasteiger partial charge in [-0.05, 0) is 64.3 Å². The van der Waals surface area contributed by atoms with Crippen molar-refractivity contribution in [3.63, 3.8) is 0 Å². The zero-order chi connectivity index (χ0) is 15.1. The van der Waals surface area contributed by atoms with Gasteiger partial charge in [-0.25, -0.2) is 13.1 Å². The summed E-state index contributed by atoms with van der Waals surface area (Å²) in [5, 5.41) is 3.21. The largest absolute Gasteiger partial charge is 0.317 e. The number of rotatable bonds is 9. The van der Waals surface area contributed by atoms with E-state index in [9.17, 15) is 8.42 Å². The van der Waals surface area contributed by atoms with Gasteiger partial charge in [-0.3, -0.25) is 0 Å². The highest BCUT2D eigenvalue weighted by Crippen LogP contribution is 2.29. The maximum Gasteiger partial charge on any atom is 0.211 e. The number of sulfonamides is 1. The highest BCUT2D eigenvalue weighted by molar-refractivity contribution is 7.89. The molecule has 2 N–H and O–H groups in total. The Hall–Kier alpha value is -0.170. The second-order valence-corrected chi connectivity index (χ2v) is 8.24. The third-order valence-electron chi connectivity index (χ3n) is 4.18. The lowest BCUT2D eigenvalue weighted by Crippen LogP contribution is -2.43. The van der Waals surface area contributed by atoms with Crippen molar-refractivity contribution < 1.29 is 8.42 Å². The van der Waals surface area contributed by atoms with E-state index >= 15 is 0 Å². The third-order valence-corrected chi connectivity index (χ3v) is 5.59. The first-order valence-corrected chi connectivity index (χ1v) is 9.39. The maximum atomic E-state index is 12.0. The Morgan fingerprint density at radius 2 is 1.85 bits per heavy atom. The molecule has 1 heterocycles. The molecule has 0 radical (unpaired) electrons. The minimum atomic E-state index is -3.11. The zero-order valence-corrected chi connectivity index (χ0v) is 14.1. The van der Waals surface area contributed by atoms with E-state index in [0.717, 1.165) is 51.9 Å². The van der Waals surface area contributed by atoms with Crippen molar-refractivity contribution in [2.45, 2.75) is 39.5 Å². The summed E-state index contributed by atoms with van der Waals surface area (Å²) in [5.41, 5.74) is 0.114. The van der Waals surface area contributed by atoms with Gasteiger partial charge < -0.3 is 10.2 Å². The Kier molecular flexibility index (Phi) is 7.43. The standard InChI is InChI=1S/C14H31N3O2S/c1-4-15-9-5-6-12-20(18,19)16-13-14(2)7-10-17(3)11-8-14/h15-16H,4-13H2,1-3H3. The molecule has 120 valence electrons. The van der Waals surface area contributed by atoms with E-state index in [-0.39, 0.29) is 11.2 Å². The fourth-order valence-corrected chi connectivity index (χ4v) is 3.71. The van der Waals surface area contributed by atoms with Crippen LogP contribution in [0.5, 0.6) is 0 Å². The lowest BCUT2D eigenvalue weighted by atomic mass is 9.81. The van der Waals surface area contributed by atoms with E-state index in [2.05, 4.69) is 35.8 Å². The van der Waals surface area contributed by atoms with E-state index in [4.69, 9.17) is 0 Å². The van der Waals surface area contributed by atoms with Crippen LogP contribution in [0.4, 0.5) is 0 Å². The van der Waals surface area contributed by atoms with Gasteiger partial charge in [-0.1, -0.05) is 13.8 Å². The molecule has 0 aromatic heterocycles. The van der Waals surface area contributed by atoms with E-state index in [1.807, 2.05) is 0 Å². The minimum absolute atomic E-state index is 0.114. The Bertz CT molecular complexity index is 363. The molecule has 0 aromatic rings. The predicted molar refractivity (Wildman–Crippen MR) is 84.4 cm³/mol. The molecule has 0 bridgehead atoms. The predicted octanol–water partition coefficient (Wildman–Crippen LogP) is 1.03. The van der Waals surface area contributed by atoms with Crippen molar-refractivity contribution in [2.24, 2.45) is 5.41 Å². The Morgan fingerprint density at radius 3 is 2.45 bits per heavy atom. The van der Waals surface area contributed by atoms with Crippen LogP contribution in [0.25, 0.3) is 0 Å². The third kappa shape index (κ3) is 7.02. The molecule has 1 fully saturated rings. The monoisotopic (exact) mass is 305 g/mol. The van der Waals surface area contributed by atoms with Gasteiger partial charge in [0.2, 0.25) is 10.0 Å². The lowest BCUT2D eigenvalue weighted by Gasteiger charge is -2.37. The molecular weight excluding hydrogens is 274 g/mol. The van der Waals surface area contributed by atoms with Gasteiger partial charge in [0.1, 0.15) is 0 Å². The molecule has 0 unspecified atom stereocenters. The van der Waals surface area contributed by atoms with Gasteiger partial charge in [-0.2, -0.15) is 0 Å². The number of likely N-dealkylation sites (tertiary alicyclic amines) is 1. The van der Waals surface area contributed by atoms with E-state index < -0.39 is 10.0 Å². The number of nitrogens with one attached hydrogen (secondary N) is 2. The van der Waals surface area contributed by atoms with Crippen LogP contribution in [-0.4, -0.2) is 58.8 Å². The van der Waals surface area contributed by atoms with Crippen LogP contribution in [0, 0.1) is 5.41 Å². The van der Waals surface area contributed by atoms with Crippen LogP contribution >= 0.6 is 0 Å². The van der Waals surface area contributed by atoms with Crippen LogP contribution < -0.4 is 10.0 Å². The maximum absolute atomic E-state index is 12.0. The molecule has 1 saturated heterocycles. The molecule has 0 spiro atoms. The Morgan fingerprint density at radius 1 is 1.20 bits per heavy atom. The Labute approximate surface area is 124 Å². The molecular formula is C14H31N3O2S. The van der Waals surface area contributed by atoms with Crippen molar-refractivity contribution >= 4 is 10.0 Å². The number of nitrogens with zero attached hydrogens (tertiary/aromatic N) is 1. The lowest BCUT2D eigenvalue weighted by molar-refractivity contribution is 0.143. The molecule has 0 atom stereocenters. The molecule has 6 heteroatoms. The van der Waals surface area contributed by atoms with Crippen LogP contribution in [0.15, 0.2) is 0 Å². The van der Waals surface area contributed by atoms with Crippen molar-refractivity contribution in [3.8, 4) is 0 Å². The van der Waals surface area contributed by atoms with E-state index in [1.165, 1.54) is 0 Å². The van der Waals surface area contributed by atoms with E-state index in [1.54, 1.807) is 0 Å². The van der Waals surface area contributed by atoms with E-state index in [0.29, 0.717) is 6.54 Å². The second-order valence-electron chi connectivity index (χ2n) is 6.31. The fourth-order valence-electron chi connectivity index (χ4n) is 2.41. The quantitative estimate of drug-likeness (QED) is 0.625. The van der Waals surface area contributed by atoms with Crippen molar-refractivity contribution in [1.82, 2.24) is 14.9 Å².